The first kappa shape index (κ1) is 20.4. The largest absolute Gasteiger partial charge is 0.329 e. The standard InChI is InChI=1S/C24H23BrN4OS/c1-4-18-12-21(24(30)28-9-7-16-8-10-31-23(16)15(28)3)26-22-13-20(27-29(18)22)19-6-5-17(25)11-14(19)2/h5-6,8,10-13,15H,4,7,9H2,1-3H3. The fourth-order valence-corrected chi connectivity index (χ4v) is 5.87. The van der Waals surface area contributed by atoms with E-state index in [1.165, 1.54) is 10.4 Å². The molecule has 4 heterocycles. The lowest BCUT2D eigenvalue weighted by molar-refractivity contribution is 0.0675. The SMILES string of the molecule is CCc1cc(C(=O)N2CCc3ccsc3C2C)nc2cc(-c3ccc(Br)cc3C)nn12. The summed E-state index contributed by atoms with van der Waals surface area (Å²) in [5, 5.41) is 6.93. The molecule has 1 aliphatic heterocycles. The zero-order chi connectivity index (χ0) is 21.7. The molecule has 7 heteroatoms. The van der Waals surface area contributed by atoms with Crippen molar-refractivity contribution in [3.8, 4) is 11.3 Å². The maximum absolute atomic E-state index is 13.5. The average molecular weight is 495 g/mol. The minimum absolute atomic E-state index is 0.00803. The van der Waals surface area contributed by atoms with Crippen LogP contribution in [0, 0.1) is 6.92 Å². The molecule has 1 aliphatic rings. The van der Waals surface area contributed by atoms with Crippen molar-refractivity contribution < 1.29 is 4.79 Å². The number of carbonyl (C=O) groups is 1. The van der Waals surface area contributed by atoms with E-state index in [4.69, 9.17) is 10.1 Å². The Balaban J connectivity index is 1.55. The molecule has 5 nitrogen and oxygen atoms in total. The quantitative estimate of drug-likeness (QED) is 0.358. The Hall–Kier alpha value is -2.51. The molecule has 0 spiro atoms. The maximum Gasteiger partial charge on any atom is 0.273 e. The highest BCUT2D eigenvalue weighted by atomic mass is 79.9. The number of halogens is 1. The predicted octanol–water partition coefficient (Wildman–Crippen LogP) is 5.85. The van der Waals surface area contributed by atoms with Crippen molar-refractivity contribution in [1.29, 1.82) is 0 Å². The van der Waals surface area contributed by atoms with Gasteiger partial charge >= 0.3 is 0 Å². The highest BCUT2D eigenvalue weighted by molar-refractivity contribution is 9.10. The van der Waals surface area contributed by atoms with Gasteiger partial charge in [0, 0.05) is 33.2 Å². The summed E-state index contributed by atoms with van der Waals surface area (Å²) >= 11 is 5.25. The molecule has 0 N–H and O–H groups in total. The van der Waals surface area contributed by atoms with Crippen LogP contribution < -0.4 is 0 Å². The van der Waals surface area contributed by atoms with Crippen LogP contribution in [0.3, 0.4) is 0 Å². The van der Waals surface area contributed by atoms with Crippen molar-refractivity contribution in [2.24, 2.45) is 0 Å². The van der Waals surface area contributed by atoms with E-state index in [0.29, 0.717) is 11.3 Å². The van der Waals surface area contributed by atoms with Gasteiger partial charge in [0.15, 0.2) is 5.65 Å². The van der Waals surface area contributed by atoms with E-state index in [2.05, 4.69) is 60.3 Å². The van der Waals surface area contributed by atoms with Gasteiger partial charge in [0.25, 0.3) is 5.91 Å². The van der Waals surface area contributed by atoms with Crippen molar-refractivity contribution in [3.63, 3.8) is 0 Å². The number of thiophene rings is 1. The third kappa shape index (κ3) is 3.49. The minimum Gasteiger partial charge on any atom is -0.329 e. The van der Waals surface area contributed by atoms with E-state index in [1.54, 1.807) is 11.3 Å². The molecule has 0 saturated heterocycles. The number of aryl methyl sites for hydroxylation is 2. The van der Waals surface area contributed by atoms with E-state index in [1.807, 2.05) is 27.6 Å². The van der Waals surface area contributed by atoms with E-state index >= 15 is 0 Å². The maximum atomic E-state index is 13.5. The van der Waals surface area contributed by atoms with Gasteiger partial charge in [-0.25, -0.2) is 9.50 Å². The van der Waals surface area contributed by atoms with Crippen LogP contribution in [0.5, 0.6) is 0 Å². The van der Waals surface area contributed by atoms with Crippen LogP contribution >= 0.6 is 27.3 Å². The highest BCUT2D eigenvalue weighted by Gasteiger charge is 2.30. The second-order valence-corrected chi connectivity index (χ2v) is 9.84. The predicted molar refractivity (Wildman–Crippen MR) is 128 cm³/mol. The summed E-state index contributed by atoms with van der Waals surface area (Å²) in [4.78, 5) is 21.4. The number of carbonyl (C=O) groups excluding carboxylic acids is 1. The van der Waals surface area contributed by atoms with Crippen molar-refractivity contribution >= 4 is 38.8 Å². The Bertz CT molecular complexity index is 1310. The van der Waals surface area contributed by atoms with Crippen molar-refractivity contribution in [1.82, 2.24) is 19.5 Å². The summed E-state index contributed by atoms with van der Waals surface area (Å²) in [5.74, 6) is -0.00803. The second kappa shape index (κ2) is 7.88. The van der Waals surface area contributed by atoms with E-state index < -0.39 is 0 Å². The number of hydrogen-bond donors (Lipinski definition) is 0. The molecule has 3 aromatic heterocycles. The number of benzene rings is 1. The van der Waals surface area contributed by atoms with Gasteiger partial charge in [-0.2, -0.15) is 5.10 Å². The van der Waals surface area contributed by atoms with Gasteiger partial charge in [-0.05, 0) is 67.5 Å². The topological polar surface area (TPSA) is 50.5 Å². The van der Waals surface area contributed by atoms with E-state index in [-0.39, 0.29) is 11.9 Å². The van der Waals surface area contributed by atoms with Crippen LogP contribution in [-0.2, 0) is 12.8 Å². The van der Waals surface area contributed by atoms with Crippen LogP contribution in [-0.4, -0.2) is 31.9 Å². The Labute approximate surface area is 193 Å². The highest BCUT2D eigenvalue weighted by Crippen LogP contribution is 2.34. The molecule has 0 radical (unpaired) electrons. The van der Waals surface area contributed by atoms with Crippen molar-refractivity contribution in [2.45, 2.75) is 39.7 Å². The molecule has 1 unspecified atom stereocenters. The normalized spacial score (nSPS) is 16.0. The summed E-state index contributed by atoms with van der Waals surface area (Å²) in [5.41, 5.74) is 6.63. The molecular weight excluding hydrogens is 472 g/mol. The Morgan fingerprint density at radius 1 is 1.26 bits per heavy atom. The van der Waals surface area contributed by atoms with Crippen LogP contribution in [0.1, 0.15) is 52.1 Å². The molecular formula is C24H23BrN4OS. The molecule has 0 saturated carbocycles. The summed E-state index contributed by atoms with van der Waals surface area (Å²) < 4.78 is 2.91. The number of aromatic nitrogens is 3. The molecule has 5 rings (SSSR count). The zero-order valence-corrected chi connectivity index (χ0v) is 20.1. The van der Waals surface area contributed by atoms with E-state index in [9.17, 15) is 4.79 Å². The average Bonchev–Trinajstić information content (AvgIpc) is 3.40. The summed E-state index contributed by atoms with van der Waals surface area (Å²) in [6.45, 7) is 6.99. The molecule has 1 aromatic carbocycles. The number of hydrogen-bond acceptors (Lipinski definition) is 4. The van der Waals surface area contributed by atoms with Crippen LogP contribution in [0.25, 0.3) is 16.9 Å². The Morgan fingerprint density at radius 2 is 2.10 bits per heavy atom. The van der Waals surface area contributed by atoms with Gasteiger partial charge in [-0.15, -0.1) is 11.3 Å². The summed E-state index contributed by atoms with van der Waals surface area (Å²) in [6, 6.07) is 12.3. The van der Waals surface area contributed by atoms with Gasteiger partial charge in [-0.3, -0.25) is 4.79 Å². The summed E-state index contributed by atoms with van der Waals surface area (Å²) in [7, 11) is 0. The Morgan fingerprint density at radius 3 is 2.87 bits per heavy atom. The molecule has 158 valence electrons. The smallest absolute Gasteiger partial charge is 0.273 e. The van der Waals surface area contributed by atoms with E-state index in [0.717, 1.165) is 46.4 Å². The monoisotopic (exact) mass is 494 g/mol. The van der Waals surface area contributed by atoms with Crippen LogP contribution in [0.2, 0.25) is 0 Å². The number of amides is 1. The van der Waals surface area contributed by atoms with Gasteiger partial charge in [0.1, 0.15) is 5.69 Å². The molecule has 1 atom stereocenters. The van der Waals surface area contributed by atoms with Gasteiger partial charge in [-0.1, -0.05) is 28.9 Å². The second-order valence-electron chi connectivity index (χ2n) is 7.98. The fourth-order valence-electron chi connectivity index (χ4n) is 4.37. The molecule has 0 aliphatic carbocycles. The summed E-state index contributed by atoms with van der Waals surface area (Å²) in [6.07, 6.45) is 1.67. The molecule has 1 amide bonds. The van der Waals surface area contributed by atoms with Crippen molar-refractivity contribution in [3.05, 3.63) is 73.6 Å². The zero-order valence-electron chi connectivity index (χ0n) is 17.7. The lowest BCUT2D eigenvalue weighted by atomic mass is 10.0. The fraction of sp³-hybridized carbons (Fsp3) is 0.292. The van der Waals surface area contributed by atoms with Crippen LogP contribution in [0.4, 0.5) is 0 Å². The van der Waals surface area contributed by atoms with Gasteiger partial charge in [0.05, 0.1) is 11.7 Å². The van der Waals surface area contributed by atoms with Crippen molar-refractivity contribution in [2.75, 3.05) is 6.54 Å². The third-order valence-corrected chi connectivity index (χ3v) is 7.68. The molecule has 0 fully saturated rings. The minimum atomic E-state index is -0.00803. The van der Waals surface area contributed by atoms with Gasteiger partial charge < -0.3 is 4.90 Å². The first-order chi connectivity index (χ1) is 15.0. The van der Waals surface area contributed by atoms with Gasteiger partial charge in [0.2, 0.25) is 0 Å². The molecule has 4 aromatic rings. The Kier molecular flexibility index (Phi) is 5.18. The number of fused-ring (bicyclic) bond motifs is 2. The molecule has 0 bridgehead atoms. The first-order valence-electron chi connectivity index (χ1n) is 10.5. The lowest BCUT2D eigenvalue weighted by Gasteiger charge is -2.33. The van der Waals surface area contributed by atoms with Crippen LogP contribution in [0.15, 0.2) is 46.3 Å². The third-order valence-electron chi connectivity index (χ3n) is 6.06. The lowest BCUT2D eigenvalue weighted by Crippen LogP contribution is -2.38. The molecule has 31 heavy (non-hydrogen) atoms. The first-order valence-corrected chi connectivity index (χ1v) is 12.2. The number of nitrogens with zero attached hydrogens (tertiary/aromatic N) is 4. The number of rotatable bonds is 3.